The zero-order valence-corrected chi connectivity index (χ0v) is 15.1. The summed E-state index contributed by atoms with van der Waals surface area (Å²) in [4.78, 5) is 15.6. The number of carbonyl (C=O) groups is 1. The van der Waals surface area contributed by atoms with Crippen LogP contribution in [0.5, 0.6) is 0 Å². The summed E-state index contributed by atoms with van der Waals surface area (Å²) in [5, 5.41) is 4.08. The molecular formula is C20H24ClN3O. The molecule has 0 radical (unpaired) electrons. The normalized spacial score (nSPS) is 11.8. The summed E-state index contributed by atoms with van der Waals surface area (Å²) in [5.74, 6) is -0.119. The number of amides is 1. The van der Waals surface area contributed by atoms with Gasteiger partial charge in [-0.2, -0.15) is 0 Å². The number of benzene rings is 2. The zero-order valence-electron chi connectivity index (χ0n) is 14.3. The van der Waals surface area contributed by atoms with Crippen LogP contribution in [0.2, 0.25) is 0 Å². The number of aromatic amines is 1. The molecule has 1 heterocycles. The molecule has 0 saturated carbocycles. The van der Waals surface area contributed by atoms with E-state index >= 15 is 0 Å². The number of H-pyrrole nitrogens is 1. The lowest BCUT2D eigenvalue weighted by molar-refractivity contribution is -0.122. The molecule has 0 bridgehead atoms. The SMILES string of the molecule is CCc1ccccc1CNC(=O)[C@@H](N)Cc1c[nH]c2ccccc12.Cl. The molecule has 0 unspecified atom stereocenters. The molecule has 1 aromatic heterocycles. The Morgan fingerprint density at radius 1 is 1.08 bits per heavy atom. The van der Waals surface area contributed by atoms with Gasteiger partial charge in [0.2, 0.25) is 5.91 Å². The molecule has 0 saturated heterocycles. The van der Waals surface area contributed by atoms with Crippen LogP contribution in [-0.2, 0) is 24.2 Å². The monoisotopic (exact) mass is 357 g/mol. The molecule has 2 aromatic carbocycles. The van der Waals surface area contributed by atoms with Gasteiger partial charge in [0.05, 0.1) is 6.04 Å². The van der Waals surface area contributed by atoms with Crippen LogP contribution >= 0.6 is 12.4 Å². The maximum atomic E-state index is 12.3. The van der Waals surface area contributed by atoms with Crippen molar-refractivity contribution < 1.29 is 4.79 Å². The molecule has 3 rings (SSSR count). The summed E-state index contributed by atoms with van der Waals surface area (Å²) in [5.41, 5.74) is 10.6. The number of nitrogens with two attached hydrogens (primary N) is 1. The van der Waals surface area contributed by atoms with Crippen molar-refractivity contribution in [2.24, 2.45) is 5.73 Å². The van der Waals surface area contributed by atoms with Gasteiger partial charge in [0.1, 0.15) is 0 Å². The largest absolute Gasteiger partial charge is 0.361 e. The molecule has 0 aliphatic heterocycles. The lowest BCUT2D eigenvalue weighted by atomic mass is 10.0. The van der Waals surface area contributed by atoms with Crippen LogP contribution in [0.25, 0.3) is 10.9 Å². The van der Waals surface area contributed by atoms with Crippen molar-refractivity contribution in [2.75, 3.05) is 0 Å². The highest BCUT2D eigenvalue weighted by Crippen LogP contribution is 2.18. The fourth-order valence-corrected chi connectivity index (χ4v) is 3.02. The predicted molar refractivity (Wildman–Crippen MR) is 105 cm³/mol. The first kappa shape index (κ1) is 19.0. The molecule has 1 atom stereocenters. The Labute approximate surface area is 154 Å². The highest BCUT2D eigenvalue weighted by atomic mass is 35.5. The molecule has 132 valence electrons. The van der Waals surface area contributed by atoms with Gasteiger partial charge in [-0.05, 0) is 35.6 Å². The van der Waals surface area contributed by atoms with Crippen molar-refractivity contribution in [3.8, 4) is 0 Å². The molecule has 0 aliphatic carbocycles. The molecule has 25 heavy (non-hydrogen) atoms. The van der Waals surface area contributed by atoms with Gasteiger partial charge in [0.25, 0.3) is 0 Å². The molecule has 0 fully saturated rings. The van der Waals surface area contributed by atoms with E-state index in [4.69, 9.17) is 5.73 Å². The lowest BCUT2D eigenvalue weighted by Gasteiger charge is -2.13. The number of aromatic nitrogens is 1. The van der Waals surface area contributed by atoms with Crippen LogP contribution in [0.15, 0.2) is 54.7 Å². The van der Waals surface area contributed by atoms with E-state index in [9.17, 15) is 4.79 Å². The van der Waals surface area contributed by atoms with Crippen LogP contribution in [0.1, 0.15) is 23.6 Å². The highest BCUT2D eigenvalue weighted by Gasteiger charge is 2.16. The second-order valence-corrected chi connectivity index (χ2v) is 6.01. The number of rotatable bonds is 6. The van der Waals surface area contributed by atoms with E-state index in [2.05, 4.69) is 23.3 Å². The van der Waals surface area contributed by atoms with E-state index in [0.717, 1.165) is 28.5 Å². The Hall–Kier alpha value is -2.30. The molecule has 4 N–H and O–H groups in total. The number of carbonyl (C=O) groups excluding carboxylic acids is 1. The average Bonchev–Trinajstić information content (AvgIpc) is 3.03. The van der Waals surface area contributed by atoms with Gasteiger partial charge >= 0.3 is 0 Å². The third kappa shape index (κ3) is 4.41. The minimum absolute atomic E-state index is 0. The number of hydrogen-bond acceptors (Lipinski definition) is 2. The van der Waals surface area contributed by atoms with Crippen LogP contribution in [0.4, 0.5) is 0 Å². The number of nitrogens with one attached hydrogen (secondary N) is 2. The Bertz CT molecular complexity index is 844. The Kier molecular flexibility index (Phi) is 6.62. The Balaban J connectivity index is 0.00000225. The van der Waals surface area contributed by atoms with Crippen molar-refractivity contribution >= 4 is 29.2 Å². The Morgan fingerprint density at radius 3 is 2.52 bits per heavy atom. The van der Waals surface area contributed by atoms with Crippen molar-refractivity contribution in [2.45, 2.75) is 32.4 Å². The minimum Gasteiger partial charge on any atom is -0.361 e. The first-order valence-electron chi connectivity index (χ1n) is 8.34. The van der Waals surface area contributed by atoms with Crippen LogP contribution in [0, 0.1) is 0 Å². The summed E-state index contributed by atoms with van der Waals surface area (Å²) >= 11 is 0. The van der Waals surface area contributed by atoms with Crippen molar-refractivity contribution in [3.63, 3.8) is 0 Å². The zero-order chi connectivity index (χ0) is 16.9. The van der Waals surface area contributed by atoms with E-state index < -0.39 is 6.04 Å². The van der Waals surface area contributed by atoms with Gasteiger partial charge < -0.3 is 16.0 Å². The predicted octanol–water partition coefficient (Wildman–Crippen LogP) is 3.34. The third-order valence-electron chi connectivity index (χ3n) is 4.40. The number of para-hydroxylation sites is 1. The van der Waals surface area contributed by atoms with Crippen molar-refractivity contribution in [1.82, 2.24) is 10.3 Å². The third-order valence-corrected chi connectivity index (χ3v) is 4.40. The van der Waals surface area contributed by atoms with E-state index in [-0.39, 0.29) is 18.3 Å². The van der Waals surface area contributed by atoms with E-state index in [0.29, 0.717) is 13.0 Å². The molecule has 5 heteroatoms. The summed E-state index contributed by atoms with van der Waals surface area (Å²) in [6.07, 6.45) is 3.41. The van der Waals surface area contributed by atoms with E-state index in [1.54, 1.807) is 0 Å². The number of halogens is 1. The van der Waals surface area contributed by atoms with Crippen molar-refractivity contribution in [1.29, 1.82) is 0 Å². The number of fused-ring (bicyclic) bond motifs is 1. The maximum absolute atomic E-state index is 12.3. The number of hydrogen-bond donors (Lipinski definition) is 3. The van der Waals surface area contributed by atoms with Gasteiger partial charge in [-0.3, -0.25) is 4.79 Å². The molecule has 3 aromatic rings. The second kappa shape index (κ2) is 8.70. The van der Waals surface area contributed by atoms with Gasteiger partial charge in [0.15, 0.2) is 0 Å². The van der Waals surface area contributed by atoms with Gasteiger partial charge in [-0.25, -0.2) is 0 Å². The molecule has 0 aliphatic rings. The summed E-state index contributed by atoms with van der Waals surface area (Å²) in [6, 6.07) is 15.6. The highest BCUT2D eigenvalue weighted by molar-refractivity contribution is 5.86. The minimum atomic E-state index is -0.557. The van der Waals surface area contributed by atoms with Gasteiger partial charge in [-0.15, -0.1) is 12.4 Å². The standard InChI is InChI=1S/C20H23N3O.ClH/c1-2-14-7-3-4-8-15(14)12-23-20(24)18(21)11-16-13-22-19-10-6-5-9-17(16)19;/h3-10,13,18,22H,2,11-12,21H2,1H3,(H,23,24);1H/t18-;/m0./s1. The summed E-state index contributed by atoms with van der Waals surface area (Å²) < 4.78 is 0. The first-order valence-corrected chi connectivity index (χ1v) is 8.34. The quantitative estimate of drug-likeness (QED) is 0.633. The van der Waals surface area contributed by atoms with Crippen LogP contribution < -0.4 is 11.1 Å². The van der Waals surface area contributed by atoms with Gasteiger partial charge in [-0.1, -0.05) is 49.4 Å². The van der Waals surface area contributed by atoms with Crippen LogP contribution in [0.3, 0.4) is 0 Å². The second-order valence-electron chi connectivity index (χ2n) is 6.01. The lowest BCUT2D eigenvalue weighted by Crippen LogP contribution is -2.41. The summed E-state index contributed by atoms with van der Waals surface area (Å²) in [6.45, 7) is 2.63. The van der Waals surface area contributed by atoms with E-state index in [1.165, 1.54) is 5.56 Å². The van der Waals surface area contributed by atoms with E-state index in [1.807, 2.05) is 48.7 Å². The Morgan fingerprint density at radius 2 is 1.76 bits per heavy atom. The molecule has 0 spiro atoms. The van der Waals surface area contributed by atoms with Crippen molar-refractivity contribution in [3.05, 3.63) is 71.4 Å². The smallest absolute Gasteiger partial charge is 0.237 e. The topological polar surface area (TPSA) is 70.9 Å². The molecule has 4 nitrogen and oxygen atoms in total. The maximum Gasteiger partial charge on any atom is 0.237 e. The number of aryl methyl sites for hydroxylation is 1. The average molecular weight is 358 g/mol. The van der Waals surface area contributed by atoms with Crippen LogP contribution in [-0.4, -0.2) is 16.9 Å². The molecular weight excluding hydrogens is 334 g/mol. The summed E-state index contributed by atoms with van der Waals surface area (Å²) in [7, 11) is 0. The fraction of sp³-hybridized carbons (Fsp3) is 0.250. The molecule has 1 amide bonds. The first-order chi connectivity index (χ1) is 11.7. The van der Waals surface area contributed by atoms with Gasteiger partial charge in [0, 0.05) is 23.6 Å². The fourth-order valence-electron chi connectivity index (χ4n) is 3.02.